The number of halogens is 1. The van der Waals surface area contributed by atoms with Crippen LogP contribution in [0.15, 0.2) is 41.1 Å². The van der Waals surface area contributed by atoms with Crippen molar-refractivity contribution in [3.8, 4) is 0 Å². The number of carboxylic acids is 1. The van der Waals surface area contributed by atoms with E-state index in [0.717, 1.165) is 24.2 Å². The highest BCUT2D eigenvalue weighted by Crippen LogP contribution is 2.51. The van der Waals surface area contributed by atoms with Gasteiger partial charge >= 0.3 is 12.1 Å². The number of amides is 1. The molecule has 0 radical (unpaired) electrons. The number of carboxylic acid groups (broad SMARTS) is 1. The van der Waals surface area contributed by atoms with Crippen LogP contribution in [0.25, 0.3) is 0 Å². The second kappa shape index (κ2) is 8.63. The molecule has 31 heavy (non-hydrogen) atoms. The molecule has 2 aromatic rings. The summed E-state index contributed by atoms with van der Waals surface area (Å²) in [6.07, 6.45) is 4.54. The summed E-state index contributed by atoms with van der Waals surface area (Å²) in [4.78, 5) is 29.8. The fourth-order valence-corrected chi connectivity index (χ4v) is 5.16. The van der Waals surface area contributed by atoms with Gasteiger partial charge in [0.05, 0.1) is 0 Å². The van der Waals surface area contributed by atoms with Crippen molar-refractivity contribution in [3.05, 3.63) is 52.5 Å². The van der Waals surface area contributed by atoms with Crippen LogP contribution in [0.1, 0.15) is 37.1 Å². The molecule has 2 fully saturated rings. The Labute approximate surface area is 189 Å². The number of hydrogen-bond donors (Lipinski definition) is 1. The third-order valence-electron chi connectivity index (χ3n) is 6.36. The lowest BCUT2D eigenvalue weighted by molar-refractivity contribution is -0.162. The number of likely N-dealkylation sites (tertiary alicyclic amines) is 1. The molecular weight excluding hydrogens is 466 g/mol. The predicted octanol–water partition coefficient (Wildman–Crippen LogP) is 3.69. The van der Waals surface area contributed by atoms with Crippen LogP contribution < -0.4 is 0 Å². The second-order valence-corrected chi connectivity index (χ2v) is 9.38. The SMILES string of the molecule is Cn1cc(Br)nc1C1(OCC(=O)O)CCC2(CC1)CN(C(=O)OCc1ccccc1)C2. The summed E-state index contributed by atoms with van der Waals surface area (Å²) in [5, 5.41) is 9.15. The maximum atomic E-state index is 12.4. The van der Waals surface area contributed by atoms with Gasteiger partial charge in [-0.1, -0.05) is 30.3 Å². The summed E-state index contributed by atoms with van der Waals surface area (Å²) < 4.78 is 13.9. The van der Waals surface area contributed by atoms with Crippen molar-refractivity contribution in [1.29, 1.82) is 0 Å². The topological polar surface area (TPSA) is 93.9 Å². The van der Waals surface area contributed by atoms with Gasteiger partial charge in [-0.2, -0.15) is 0 Å². The maximum Gasteiger partial charge on any atom is 0.410 e. The Hall–Kier alpha value is -2.39. The number of nitrogens with zero attached hydrogens (tertiary/aromatic N) is 3. The molecule has 1 aliphatic heterocycles. The number of ether oxygens (including phenoxy) is 2. The van der Waals surface area contributed by atoms with E-state index in [1.807, 2.05) is 48.1 Å². The molecule has 1 saturated heterocycles. The second-order valence-electron chi connectivity index (χ2n) is 8.57. The Bertz CT molecular complexity index is 945. The lowest BCUT2D eigenvalue weighted by atomic mass is 9.64. The predicted molar refractivity (Wildman–Crippen MR) is 115 cm³/mol. The van der Waals surface area contributed by atoms with Crippen molar-refractivity contribution in [2.24, 2.45) is 12.5 Å². The van der Waals surface area contributed by atoms with Crippen molar-refractivity contribution in [2.45, 2.75) is 37.9 Å². The normalized spacial score (nSPS) is 19.1. The van der Waals surface area contributed by atoms with Crippen LogP contribution in [-0.2, 0) is 33.5 Å². The highest BCUT2D eigenvalue weighted by atomic mass is 79.9. The van der Waals surface area contributed by atoms with Crippen molar-refractivity contribution in [1.82, 2.24) is 14.5 Å². The van der Waals surface area contributed by atoms with Crippen LogP contribution in [0.2, 0.25) is 0 Å². The van der Waals surface area contributed by atoms with E-state index in [1.165, 1.54) is 0 Å². The zero-order chi connectivity index (χ0) is 22.1. The Morgan fingerprint density at radius 2 is 1.84 bits per heavy atom. The summed E-state index contributed by atoms with van der Waals surface area (Å²) >= 11 is 3.39. The molecule has 1 spiro atoms. The average Bonchev–Trinajstić information content (AvgIpc) is 3.08. The van der Waals surface area contributed by atoms with Gasteiger partial charge in [-0.05, 0) is 47.2 Å². The number of rotatable bonds is 6. The van der Waals surface area contributed by atoms with Gasteiger partial charge in [0.15, 0.2) is 0 Å². The van der Waals surface area contributed by atoms with Crippen molar-refractivity contribution < 1.29 is 24.2 Å². The molecule has 8 nitrogen and oxygen atoms in total. The standard InChI is InChI=1S/C22H26BrN3O5/c1-25-11-17(23)24-19(25)22(31-13-18(27)28)9-7-21(8-10-22)14-26(15-21)20(29)30-12-16-5-3-2-4-6-16/h2-6,11H,7-10,12-15H2,1H3,(H,27,28). The Morgan fingerprint density at radius 3 is 2.42 bits per heavy atom. The highest BCUT2D eigenvalue weighted by Gasteiger charge is 2.53. The van der Waals surface area contributed by atoms with E-state index in [-0.39, 0.29) is 24.7 Å². The molecule has 1 N–H and O–H groups in total. The van der Waals surface area contributed by atoms with E-state index in [4.69, 9.17) is 14.6 Å². The zero-order valence-electron chi connectivity index (χ0n) is 17.4. The largest absolute Gasteiger partial charge is 0.480 e. The number of aryl methyl sites for hydroxylation is 1. The average molecular weight is 492 g/mol. The van der Waals surface area contributed by atoms with Gasteiger partial charge in [-0.15, -0.1) is 0 Å². The molecule has 1 saturated carbocycles. The first-order valence-electron chi connectivity index (χ1n) is 10.3. The van der Waals surface area contributed by atoms with Crippen LogP contribution in [0, 0.1) is 5.41 Å². The molecule has 2 heterocycles. The van der Waals surface area contributed by atoms with Crippen LogP contribution in [0.3, 0.4) is 0 Å². The van der Waals surface area contributed by atoms with Crippen LogP contribution in [0.4, 0.5) is 4.79 Å². The number of carbonyl (C=O) groups excluding carboxylic acids is 1. The fraction of sp³-hybridized carbons (Fsp3) is 0.500. The van der Waals surface area contributed by atoms with Crippen molar-refractivity contribution in [3.63, 3.8) is 0 Å². The van der Waals surface area contributed by atoms with Gasteiger partial charge in [0.2, 0.25) is 0 Å². The van der Waals surface area contributed by atoms with Gasteiger partial charge in [-0.3, -0.25) is 0 Å². The third kappa shape index (κ3) is 4.62. The monoisotopic (exact) mass is 491 g/mol. The first-order chi connectivity index (χ1) is 14.8. The van der Waals surface area contributed by atoms with E-state index < -0.39 is 11.6 Å². The first kappa shape index (κ1) is 21.8. The van der Waals surface area contributed by atoms with E-state index in [1.54, 1.807) is 4.90 Å². The van der Waals surface area contributed by atoms with Gasteiger partial charge in [0.1, 0.15) is 29.2 Å². The highest BCUT2D eigenvalue weighted by molar-refractivity contribution is 9.10. The minimum Gasteiger partial charge on any atom is -0.480 e. The maximum absolute atomic E-state index is 12.4. The number of carbonyl (C=O) groups is 2. The third-order valence-corrected chi connectivity index (χ3v) is 6.74. The van der Waals surface area contributed by atoms with E-state index in [9.17, 15) is 9.59 Å². The van der Waals surface area contributed by atoms with Gasteiger partial charge in [0, 0.05) is 31.7 Å². The zero-order valence-corrected chi connectivity index (χ0v) is 19.0. The molecule has 0 atom stereocenters. The minimum absolute atomic E-state index is 0.0320. The van der Waals surface area contributed by atoms with Crippen LogP contribution >= 0.6 is 15.9 Å². The van der Waals surface area contributed by atoms with Gasteiger partial charge in [-0.25, -0.2) is 14.6 Å². The molecule has 0 bridgehead atoms. The summed E-state index contributed by atoms with van der Waals surface area (Å²) in [5.41, 5.74) is 0.258. The number of aliphatic carboxylic acids is 1. The molecule has 1 aliphatic carbocycles. The summed E-state index contributed by atoms with van der Waals surface area (Å²) in [6.45, 7) is 1.21. The van der Waals surface area contributed by atoms with Crippen LogP contribution in [0.5, 0.6) is 0 Å². The summed E-state index contributed by atoms with van der Waals surface area (Å²) in [5.74, 6) is -0.266. The fourth-order valence-electron chi connectivity index (χ4n) is 4.69. The molecule has 1 aromatic carbocycles. The molecule has 4 rings (SSSR count). The molecule has 1 aromatic heterocycles. The Balaban J connectivity index is 1.36. The van der Waals surface area contributed by atoms with E-state index >= 15 is 0 Å². The quantitative estimate of drug-likeness (QED) is 0.661. The molecule has 166 valence electrons. The molecule has 1 amide bonds. The lowest BCUT2D eigenvalue weighted by Gasteiger charge is -2.54. The smallest absolute Gasteiger partial charge is 0.410 e. The first-order valence-corrected chi connectivity index (χ1v) is 11.1. The number of aromatic nitrogens is 2. The minimum atomic E-state index is -0.996. The van der Waals surface area contributed by atoms with Crippen molar-refractivity contribution >= 4 is 28.0 Å². The Morgan fingerprint density at radius 1 is 1.16 bits per heavy atom. The summed E-state index contributed by atoms with van der Waals surface area (Å²) in [6, 6.07) is 9.63. The van der Waals surface area contributed by atoms with Gasteiger partial charge < -0.3 is 24.0 Å². The summed E-state index contributed by atoms with van der Waals surface area (Å²) in [7, 11) is 1.89. The van der Waals surface area contributed by atoms with Crippen LogP contribution in [-0.4, -0.2) is 51.3 Å². The molecule has 2 aliphatic rings. The molecule has 0 unspecified atom stereocenters. The Kier molecular flexibility index (Phi) is 6.07. The van der Waals surface area contributed by atoms with E-state index in [0.29, 0.717) is 30.5 Å². The molecule has 9 heteroatoms. The number of imidazole rings is 1. The molecular formula is C22H26BrN3O5. The van der Waals surface area contributed by atoms with Crippen molar-refractivity contribution in [2.75, 3.05) is 19.7 Å². The van der Waals surface area contributed by atoms with Gasteiger partial charge in [0.25, 0.3) is 0 Å². The van der Waals surface area contributed by atoms with E-state index in [2.05, 4.69) is 20.9 Å². The number of hydrogen-bond acceptors (Lipinski definition) is 5. The number of benzene rings is 1. The lowest BCUT2D eigenvalue weighted by Crippen LogP contribution is -2.61.